The Morgan fingerprint density at radius 1 is 0.718 bits per heavy atom. The van der Waals surface area contributed by atoms with Crippen molar-refractivity contribution >= 4 is 21.9 Å². The van der Waals surface area contributed by atoms with Crippen molar-refractivity contribution in [3.8, 4) is 28.2 Å². The number of aryl methyl sites for hydroxylation is 3. The summed E-state index contributed by atoms with van der Waals surface area (Å²) in [6.45, 7) is 15.8. The quantitative estimate of drug-likeness (QED) is 0.210. The van der Waals surface area contributed by atoms with Crippen LogP contribution in [0.3, 0.4) is 0 Å². The van der Waals surface area contributed by atoms with Crippen molar-refractivity contribution in [2.75, 3.05) is 0 Å². The molecule has 0 radical (unpaired) electrons. The number of fused-ring (bicyclic) bond motifs is 3. The monoisotopic (exact) mass is 513 g/mol. The minimum Gasteiger partial charge on any atom is -0.455 e. The van der Waals surface area contributed by atoms with E-state index >= 15 is 0 Å². The zero-order valence-corrected chi connectivity index (χ0v) is 24.0. The van der Waals surface area contributed by atoms with Crippen LogP contribution in [0.1, 0.15) is 62.0 Å². The molecule has 0 fully saturated rings. The summed E-state index contributed by atoms with van der Waals surface area (Å²) < 4.78 is 11.6. The van der Waals surface area contributed by atoms with Gasteiger partial charge >= 0.3 is 0 Å². The van der Waals surface area contributed by atoms with E-state index in [1.165, 1.54) is 56.0 Å². The van der Waals surface area contributed by atoms with Gasteiger partial charge in [0.1, 0.15) is 28.7 Å². The molecule has 0 bridgehead atoms. The third-order valence-corrected chi connectivity index (χ3v) is 7.93. The minimum absolute atomic E-state index is 0.283. The highest BCUT2D eigenvalue weighted by Gasteiger charge is 2.33. The molecule has 2 aromatic heterocycles. The van der Waals surface area contributed by atoms with Crippen molar-refractivity contribution in [1.82, 2.24) is 4.57 Å². The number of furan rings is 1. The third kappa shape index (κ3) is 4.08. The summed E-state index contributed by atoms with van der Waals surface area (Å²) in [5.74, 6) is 1.51. The van der Waals surface area contributed by atoms with Gasteiger partial charge in [0.15, 0.2) is 5.58 Å². The van der Waals surface area contributed by atoms with Crippen LogP contribution in [-0.4, -0.2) is 4.57 Å². The Morgan fingerprint density at radius 2 is 1.38 bits per heavy atom. The van der Waals surface area contributed by atoms with E-state index in [0.717, 1.165) is 16.6 Å². The van der Waals surface area contributed by atoms with Gasteiger partial charge in [-0.05, 0) is 79.6 Å². The molecule has 39 heavy (non-hydrogen) atoms. The van der Waals surface area contributed by atoms with Crippen LogP contribution < -0.4 is 4.57 Å². The number of aromatic nitrogens is 2. The Balaban J connectivity index is 1.71. The molecular weight excluding hydrogens is 476 g/mol. The standard InChI is InChI=1S/C36H37N2O/c1-22(2)29-17-18-31-30-15-11-12-16-32(30)39-35(31)33(29)36-37(21-26(7)38(36)23(3)4)34-24(5)19-28(20-25(34)6)27-13-9-8-10-14-27/h8-23H,1-7H3/q+1. The van der Waals surface area contributed by atoms with Crippen molar-refractivity contribution in [2.24, 2.45) is 0 Å². The zero-order valence-electron chi connectivity index (χ0n) is 24.0. The maximum atomic E-state index is 6.67. The van der Waals surface area contributed by atoms with E-state index < -0.39 is 0 Å². The van der Waals surface area contributed by atoms with Crippen LogP contribution in [0, 0.1) is 20.8 Å². The molecule has 0 aliphatic heterocycles. The molecule has 0 atom stereocenters. The lowest BCUT2D eigenvalue weighted by Crippen LogP contribution is -2.34. The third-order valence-electron chi connectivity index (χ3n) is 7.93. The molecule has 0 amide bonds. The molecule has 0 unspecified atom stereocenters. The van der Waals surface area contributed by atoms with Crippen molar-refractivity contribution in [1.29, 1.82) is 0 Å². The minimum atomic E-state index is 0.283. The summed E-state index contributed by atoms with van der Waals surface area (Å²) in [7, 11) is 0. The van der Waals surface area contributed by atoms with Crippen LogP contribution in [-0.2, 0) is 0 Å². The Labute approximate surface area is 231 Å². The van der Waals surface area contributed by atoms with Gasteiger partial charge in [-0.1, -0.05) is 74.5 Å². The van der Waals surface area contributed by atoms with Crippen molar-refractivity contribution in [3.05, 3.63) is 107 Å². The van der Waals surface area contributed by atoms with Crippen LogP contribution in [0.25, 0.3) is 50.1 Å². The topological polar surface area (TPSA) is 21.9 Å². The van der Waals surface area contributed by atoms with E-state index in [2.05, 4.69) is 143 Å². The summed E-state index contributed by atoms with van der Waals surface area (Å²) in [6, 6.07) is 28.5. The number of rotatable bonds is 5. The molecule has 3 nitrogen and oxygen atoms in total. The van der Waals surface area contributed by atoms with E-state index in [1.54, 1.807) is 0 Å². The van der Waals surface area contributed by atoms with Gasteiger partial charge in [0.25, 0.3) is 5.82 Å². The Bertz CT molecular complexity index is 1810. The average molecular weight is 514 g/mol. The SMILES string of the molecule is Cc1cc(-c2ccccc2)cc(C)c1-[n+]1cc(C)n(C(C)C)c1-c1c(C(C)C)ccc2c1oc1ccccc12. The molecule has 4 aromatic carbocycles. The Kier molecular flexibility index (Phi) is 6.18. The summed E-state index contributed by atoms with van der Waals surface area (Å²) >= 11 is 0. The molecule has 6 rings (SSSR count). The fourth-order valence-corrected chi connectivity index (χ4v) is 6.31. The van der Waals surface area contributed by atoms with E-state index in [-0.39, 0.29) is 6.04 Å². The van der Waals surface area contributed by atoms with Gasteiger partial charge < -0.3 is 4.42 Å². The second-order valence-corrected chi connectivity index (χ2v) is 11.4. The predicted molar refractivity (Wildman–Crippen MR) is 163 cm³/mol. The maximum absolute atomic E-state index is 6.67. The number of benzene rings is 4. The summed E-state index contributed by atoms with van der Waals surface area (Å²) in [4.78, 5) is 0. The van der Waals surface area contributed by atoms with Gasteiger partial charge in [-0.2, -0.15) is 4.57 Å². The molecule has 0 spiro atoms. The van der Waals surface area contributed by atoms with E-state index in [9.17, 15) is 0 Å². The fraction of sp³-hybridized carbons (Fsp3) is 0.250. The lowest BCUT2D eigenvalue weighted by atomic mass is 9.93. The Morgan fingerprint density at radius 3 is 2.05 bits per heavy atom. The largest absolute Gasteiger partial charge is 0.455 e. The Hall–Kier alpha value is -4.11. The normalized spacial score (nSPS) is 11.9. The van der Waals surface area contributed by atoms with Gasteiger partial charge in [0.2, 0.25) is 0 Å². The first-order chi connectivity index (χ1) is 18.8. The van der Waals surface area contributed by atoms with Gasteiger partial charge in [-0.15, -0.1) is 0 Å². The molecule has 0 N–H and O–H groups in total. The van der Waals surface area contributed by atoms with Crippen molar-refractivity contribution in [2.45, 2.75) is 60.4 Å². The highest BCUT2D eigenvalue weighted by atomic mass is 16.3. The average Bonchev–Trinajstić information content (AvgIpc) is 3.45. The fourth-order valence-electron chi connectivity index (χ4n) is 6.31. The zero-order chi connectivity index (χ0) is 27.4. The van der Waals surface area contributed by atoms with E-state index in [4.69, 9.17) is 4.42 Å². The second kappa shape index (κ2) is 9.57. The van der Waals surface area contributed by atoms with Crippen LogP contribution >= 0.6 is 0 Å². The van der Waals surface area contributed by atoms with Gasteiger partial charge in [0.05, 0.1) is 6.04 Å². The lowest BCUT2D eigenvalue weighted by molar-refractivity contribution is -0.584. The molecule has 3 heteroatoms. The van der Waals surface area contributed by atoms with Crippen molar-refractivity contribution in [3.63, 3.8) is 0 Å². The summed E-state index contributed by atoms with van der Waals surface area (Å²) in [5.41, 5.74) is 11.8. The first-order valence-corrected chi connectivity index (χ1v) is 14.0. The van der Waals surface area contributed by atoms with Gasteiger partial charge in [-0.25, -0.2) is 4.57 Å². The number of hydrogen-bond donors (Lipinski definition) is 0. The van der Waals surface area contributed by atoms with E-state index in [0.29, 0.717) is 5.92 Å². The first-order valence-electron chi connectivity index (χ1n) is 14.0. The maximum Gasteiger partial charge on any atom is 0.298 e. The predicted octanol–water partition coefficient (Wildman–Crippen LogP) is 9.63. The smallest absolute Gasteiger partial charge is 0.298 e. The molecule has 0 aliphatic rings. The van der Waals surface area contributed by atoms with Gasteiger partial charge in [-0.3, -0.25) is 0 Å². The highest BCUT2D eigenvalue weighted by molar-refractivity contribution is 6.09. The van der Waals surface area contributed by atoms with E-state index in [1.807, 2.05) is 0 Å². The van der Waals surface area contributed by atoms with Crippen molar-refractivity contribution < 1.29 is 8.98 Å². The lowest BCUT2D eigenvalue weighted by Gasteiger charge is -2.17. The number of hydrogen-bond acceptors (Lipinski definition) is 1. The van der Waals surface area contributed by atoms with Gasteiger partial charge in [0, 0.05) is 17.7 Å². The first kappa shape index (κ1) is 25.2. The molecule has 0 aliphatic carbocycles. The molecule has 6 aromatic rings. The summed E-state index contributed by atoms with van der Waals surface area (Å²) in [5, 5.41) is 2.33. The van der Waals surface area contributed by atoms with Crippen LogP contribution in [0.15, 0.2) is 89.5 Å². The molecule has 0 saturated heterocycles. The summed E-state index contributed by atoms with van der Waals surface area (Å²) in [6.07, 6.45) is 2.30. The molecular formula is C36H37N2O+. The number of para-hydroxylation sites is 1. The van der Waals surface area contributed by atoms with Crippen LogP contribution in [0.4, 0.5) is 0 Å². The van der Waals surface area contributed by atoms with Crippen LogP contribution in [0.2, 0.25) is 0 Å². The van der Waals surface area contributed by atoms with Crippen LogP contribution in [0.5, 0.6) is 0 Å². The molecule has 196 valence electrons. The molecule has 2 heterocycles. The second-order valence-electron chi connectivity index (χ2n) is 11.4. The molecule has 0 saturated carbocycles. The highest BCUT2D eigenvalue weighted by Crippen LogP contribution is 2.41. The number of nitrogens with zero attached hydrogens (tertiary/aromatic N) is 2. The number of imidazole rings is 1.